The smallest absolute Gasteiger partial charge is 0.358 e. The number of nitrogens with one attached hydrogen (secondary N) is 1. The third-order valence-corrected chi connectivity index (χ3v) is 7.49. The molecule has 1 fully saturated rings. The van der Waals surface area contributed by atoms with Crippen molar-refractivity contribution in [3.63, 3.8) is 0 Å². The predicted molar refractivity (Wildman–Crippen MR) is 133 cm³/mol. The van der Waals surface area contributed by atoms with Gasteiger partial charge in [0.25, 0.3) is 0 Å². The molecule has 0 radical (unpaired) electrons. The molecule has 7 nitrogen and oxygen atoms in total. The molecule has 2 heterocycles. The van der Waals surface area contributed by atoms with Gasteiger partial charge < -0.3 is 24.4 Å². The molecule has 1 aromatic heterocycles. The van der Waals surface area contributed by atoms with E-state index in [1.54, 1.807) is 24.3 Å². The first-order valence-corrected chi connectivity index (χ1v) is 12.8. The van der Waals surface area contributed by atoms with Crippen molar-refractivity contribution in [2.75, 3.05) is 23.3 Å². The van der Waals surface area contributed by atoms with Gasteiger partial charge in [-0.3, -0.25) is 9.36 Å². The molecular formula is C25H31N2O5P. The quantitative estimate of drug-likeness (QED) is 0.464. The van der Waals surface area contributed by atoms with Gasteiger partial charge in [-0.25, -0.2) is 0 Å². The molecule has 0 bridgehead atoms. The minimum atomic E-state index is -4.45. The molecule has 176 valence electrons. The molecule has 3 N–H and O–H groups in total. The monoisotopic (exact) mass is 470 g/mol. The molecule has 33 heavy (non-hydrogen) atoms. The summed E-state index contributed by atoms with van der Waals surface area (Å²) in [4.78, 5) is 34.6. The Kier molecular flexibility index (Phi) is 6.16. The number of para-hydroxylation sites is 1. The number of hydrogen-bond acceptors (Lipinski definition) is 5. The van der Waals surface area contributed by atoms with Gasteiger partial charge in [-0.15, -0.1) is 0 Å². The van der Waals surface area contributed by atoms with E-state index >= 15 is 0 Å². The van der Waals surface area contributed by atoms with Crippen LogP contribution in [-0.2, 0) is 4.57 Å². The van der Waals surface area contributed by atoms with Crippen LogP contribution < -0.4 is 21.0 Å². The van der Waals surface area contributed by atoms with Crippen molar-refractivity contribution >= 4 is 35.4 Å². The Bertz CT molecular complexity index is 1280. The fourth-order valence-electron chi connectivity index (χ4n) is 4.39. The van der Waals surface area contributed by atoms with Crippen molar-refractivity contribution in [2.45, 2.75) is 46.6 Å². The van der Waals surface area contributed by atoms with Crippen LogP contribution in [0.3, 0.4) is 0 Å². The molecule has 0 saturated carbocycles. The molecular weight excluding hydrogens is 439 g/mol. The van der Waals surface area contributed by atoms with Crippen LogP contribution in [0, 0.1) is 12.3 Å². The summed E-state index contributed by atoms with van der Waals surface area (Å²) < 4.78 is 18.3. The molecule has 0 aliphatic carbocycles. The van der Waals surface area contributed by atoms with Crippen LogP contribution in [0.2, 0.25) is 0 Å². The molecule has 1 saturated heterocycles. The van der Waals surface area contributed by atoms with E-state index in [9.17, 15) is 19.1 Å². The summed E-state index contributed by atoms with van der Waals surface area (Å²) in [6, 6.07) is 11.4. The highest BCUT2D eigenvalue weighted by molar-refractivity contribution is 7.60. The lowest BCUT2D eigenvalue weighted by atomic mass is 9.83. The summed E-state index contributed by atoms with van der Waals surface area (Å²) >= 11 is 0. The number of piperidine rings is 1. The van der Waals surface area contributed by atoms with Gasteiger partial charge in [-0.2, -0.15) is 0 Å². The number of aryl methyl sites for hydroxylation is 1. The van der Waals surface area contributed by atoms with E-state index in [0.29, 0.717) is 22.5 Å². The first-order chi connectivity index (χ1) is 15.4. The minimum Gasteiger partial charge on any atom is -0.440 e. The van der Waals surface area contributed by atoms with Crippen LogP contribution in [-0.4, -0.2) is 22.9 Å². The molecule has 2 aromatic carbocycles. The van der Waals surface area contributed by atoms with Crippen molar-refractivity contribution in [1.29, 1.82) is 0 Å². The average Bonchev–Trinajstić information content (AvgIpc) is 2.73. The zero-order chi connectivity index (χ0) is 24.0. The first kappa shape index (κ1) is 23.6. The lowest BCUT2D eigenvalue weighted by Gasteiger charge is -2.37. The third-order valence-electron chi connectivity index (χ3n) is 6.47. The lowest BCUT2D eigenvalue weighted by molar-refractivity contribution is 0.274. The number of anilines is 2. The second kappa shape index (κ2) is 8.64. The zero-order valence-corrected chi connectivity index (χ0v) is 20.4. The van der Waals surface area contributed by atoms with Gasteiger partial charge in [0.2, 0.25) is 0 Å². The van der Waals surface area contributed by atoms with E-state index in [4.69, 9.17) is 4.42 Å². The summed E-state index contributed by atoms with van der Waals surface area (Å²) in [7, 11) is -4.45. The number of rotatable bonds is 5. The molecule has 0 amide bonds. The molecule has 3 aromatic rings. The summed E-state index contributed by atoms with van der Waals surface area (Å²) in [6.07, 6.45) is 2.04. The van der Waals surface area contributed by atoms with Gasteiger partial charge in [-0.05, 0) is 55.9 Å². The normalized spacial score (nSPS) is 17.2. The van der Waals surface area contributed by atoms with E-state index in [2.05, 4.69) is 24.1 Å². The largest absolute Gasteiger partial charge is 0.440 e. The van der Waals surface area contributed by atoms with Crippen molar-refractivity contribution in [2.24, 2.45) is 5.41 Å². The Hall–Kier alpha value is -2.60. The average molecular weight is 471 g/mol. The van der Waals surface area contributed by atoms with Gasteiger partial charge >= 0.3 is 7.60 Å². The van der Waals surface area contributed by atoms with Gasteiger partial charge in [0.1, 0.15) is 5.58 Å². The molecule has 0 unspecified atom stereocenters. The predicted octanol–water partition coefficient (Wildman–Crippen LogP) is 4.70. The van der Waals surface area contributed by atoms with E-state index in [0.717, 1.165) is 37.1 Å². The first-order valence-electron chi connectivity index (χ1n) is 11.2. The maximum atomic E-state index is 13.0. The van der Waals surface area contributed by atoms with Gasteiger partial charge in [0, 0.05) is 24.7 Å². The highest BCUT2D eigenvalue weighted by Gasteiger charge is 2.28. The fraction of sp³-hybridized carbons (Fsp3) is 0.400. The molecule has 0 spiro atoms. The summed E-state index contributed by atoms with van der Waals surface area (Å²) in [5.41, 5.74) is 2.71. The Morgan fingerprint density at radius 1 is 1.12 bits per heavy atom. The van der Waals surface area contributed by atoms with Crippen LogP contribution in [0.15, 0.2) is 51.7 Å². The van der Waals surface area contributed by atoms with E-state index in [1.165, 1.54) is 6.07 Å². The van der Waals surface area contributed by atoms with E-state index in [-0.39, 0.29) is 22.2 Å². The lowest BCUT2D eigenvalue weighted by Crippen LogP contribution is -2.37. The fourth-order valence-corrected chi connectivity index (χ4v) is 5.13. The SMILES string of the molecule is Cc1cc([C@@H](C)Nc2ccccc2P(=O)(O)O)c2oc(N3CCC(C)(C)CC3)cc(=O)c2c1. The zero-order valence-electron chi connectivity index (χ0n) is 19.5. The van der Waals surface area contributed by atoms with Crippen LogP contribution in [0.1, 0.15) is 50.8 Å². The van der Waals surface area contributed by atoms with E-state index < -0.39 is 7.60 Å². The minimum absolute atomic E-state index is 0.0631. The van der Waals surface area contributed by atoms with Gasteiger partial charge in [0.15, 0.2) is 11.3 Å². The molecule has 1 aliphatic heterocycles. The maximum absolute atomic E-state index is 13.0. The molecule has 4 rings (SSSR count). The maximum Gasteiger partial charge on any atom is 0.358 e. The Labute approximate surface area is 193 Å². The van der Waals surface area contributed by atoms with Crippen molar-refractivity contribution in [1.82, 2.24) is 0 Å². The molecule has 1 aliphatic rings. The number of nitrogens with zero attached hydrogens (tertiary/aromatic N) is 1. The highest BCUT2D eigenvalue weighted by Crippen LogP contribution is 2.38. The van der Waals surface area contributed by atoms with Crippen molar-refractivity contribution in [3.05, 3.63) is 63.8 Å². The summed E-state index contributed by atoms with van der Waals surface area (Å²) in [6.45, 7) is 9.97. The van der Waals surface area contributed by atoms with Gasteiger partial charge in [-0.1, -0.05) is 32.0 Å². The number of fused-ring (bicyclic) bond motifs is 1. The van der Waals surface area contributed by atoms with Crippen LogP contribution in [0.25, 0.3) is 11.0 Å². The topological polar surface area (TPSA) is 103 Å². The molecule has 8 heteroatoms. The van der Waals surface area contributed by atoms with Crippen LogP contribution in [0.4, 0.5) is 11.6 Å². The van der Waals surface area contributed by atoms with Gasteiger partial charge in [0.05, 0.1) is 22.4 Å². The Morgan fingerprint density at radius 2 is 1.79 bits per heavy atom. The van der Waals surface area contributed by atoms with E-state index in [1.807, 2.05) is 26.0 Å². The second-order valence-electron chi connectivity index (χ2n) is 9.76. The summed E-state index contributed by atoms with van der Waals surface area (Å²) in [5, 5.41) is 3.65. The highest BCUT2D eigenvalue weighted by atomic mass is 31.2. The van der Waals surface area contributed by atoms with Crippen molar-refractivity contribution < 1.29 is 18.8 Å². The van der Waals surface area contributed by atoms with Crippen LogP contribution >= 0.6 is 7.60 Å². The number of benzene rings is 2. The Balaban J connectivity index is 1.76. The summed E-state index contributed by atoms with van der Waals surface area (Å²) in [5.74, 6) is 0.566. The second-order valence-corrected chi connectivity index (χ2v) is 11.3. The molecule has 1 atom stereocenters. The Morgan fingerprint density at radius 3 is 2.45 bits per heavy atom. The number of hydrogen-bond donors (Lipinski definition) is 3. The standard InChI is InChI=1S/C25H31N2O5P/c1-16-13-18(17(2)26-20-7-5-6-8-22(20)33(29,30)31)24-19(14-16)21(28)15-23(32-24)27-11-9-25(3,4)10-12-27/h5-8,13-15,17,26H,9-12H2,1-4H3,(H2,29,30,31)/t17-/m1/s1. The van der Waals surface area contributed by atoms with Crippen LogP contribution in [0.5, 0.6) is 0 Å². The third kappa shape index (κ3) is 5.01. The van der Waals surface area contributed by atoms with Crippen molar-refractivity contribution in [3.8, 4) is 0 Å².